The molecule has 0 unspecified atom stereocenters. The minimum Gasteiger partial charge on any atom is -0.328 e. The van der Waals surface area contributed by atoms with Gasteiger partial charge in [0.05, 0.1) is 0 Å². The Bertz CT molecular complexity index is 820. The third-order valence-electron chi connectivity index (χ3n) is 4.40. The Labute approximate surface area is 149 Å². The Balaban J connectivity index is 1.86. The first-order valence-corrected chi connectivity index (χ1v) is 10.0. The van der Waals surface area contributed by atoms with Crippen molar-refractivity contribution in [2.45, 2.75) is 44.8 Å². The number of rotatable bonds is 3. The number of ketones is 1. The molecule has 1 N–H and O–H groups in total. The third-order valence-corrected chi connectivity index (χ3v) is 6.04. The van der Waals surface area contributed by atoms with Crippen molar-refractivity contribution in [1.29, 1.82) is 0 Å². The van der Waals surface area contributed by atoms with Crippen molar-refractivity contribution in [3.8, 4) is 0 Å². The van der Waals surface area contributed by atoms with Crippen molar-refractivity contribution in [1.82, 2.24) is 14.8 Å². The maximum Gasteiger partial charge on any atom is 0.227 e. The average Bonchev–Trinajstić information content (AvgIpc) is 3.12. The Morgan fingerprint density at radius 1 is 1.46 bits per heavy atom. The van der Waals surface area contributed by atoms with Gasteiger partial charge in [-0.25, -0.2) is 4.68 Å². The molecule has 126 valence electrons. The highest BCUT2D eigenvalue weighted by atomic mass is 32.2. The van der Waals surface area contributed by atoms with Crippen LogP contribution in [0.25, 0.3) is 0 Å². The Morgan fingerprint density at radius 3 is 3.00 bits per heavy atom. The number of anilines is 1. The van der Waals surface area contributed by atoms with Crippen molar-refractivity contribution in [3.05, 3.63) is 33.7 Å². The van der Waals surface area contributed by atoms with Gasteiger partial charge in [0, 0.05) is 22.6 Å². The first kappa shape index (κ1) is 15.9. The Kier molecular flexibility index (Phi) is 3.80. The van der Waals surface area contributed by atoms with E-state index in [1.807, 2.05) is 16.1 Å². The highest BCUT2D eigenvalue weighted by Crippen LogP contribution is 2.46. The molecule has 0 radical (unpaired) electrons. The normalized spacial score (nSPS) is 22.1. The molecule has 0 saturated carbocycles. The Hall–Kier alpha value is -1.60. The number of carbonyl (C=O) groups is 1. The highest BCUT2D eigenvalue weighted by Gasteiger charge is 2.42. The molecule has 0 bridgehead atoms. The first-order valence-electron chi connectivity index (χ1n) is 8.14. The second-order valence-electron chi connectivity index (χ2n) is 6.97. The predicted molar refractivity (Wildman–Crippen MR) is 97.5 cm³/mol. The zero-order valence-corrected chi connectivity index (χ0v) is 15.6. The third kappa shape index (κ3) is 2.59. The van der Waals surface area contributed by atoms with E-state index in [1.165, 1.54) is 0 Å². The largest absolute Gasteiger partial charge is 0.328 e. The van der Waals surface area contributed by atoms with Gasteiger partial charge in [0.15, 0.2) is 5.78 Å². The number of thiophene rings is 1. The number of hydrogen-bond donors (Lipinski definition) is 1. The molecule has 1 aliphatic heterocycles. The first-order chi connectivity index (χ1) is 11.5. The van der Waals surface area contributed by atoms with Gasteiger partial charge in [-0.1, -0.05) is 38.6 Å². The van der Waals surface area contributed by atoms with Gasteiger partial charge in [0.1, 0.15) is 6.04 Å². The van der Waals surface area contributed by atoms with Gasteiger partial charge in [-0.05, 0) is 29.0 Å². The van der Waals surface area contributed by atoms with Crippen molar-refractivity contribution in [2.24, 2.45) is 5.41 Å². The van der Waals surface area contributed by atoms with Gasteiger partial charge in [-0.2, -0.15) is 4.98 Å². The van der Waals surface area contributed by atoms with E-state index >= 15 is 0 Å². The molecule has 2 aromatic heterocycles. The van der Waals surface area contributed by atoms with E-state index in [4.69, 9.17) is 0 Å². The van der Waals surface area contributed by atoms with Gasteiger partial charge in [0.25, 0.3) is 0 Å². The highest BCUT2D eigenvalue weighted by molar-refractivity contribution is 7.99. The maximum absolute atomic E-state index is 12.9. The van der Waals surface area contributed by atoms with Gasteiger partial charge in [-0.3, -0.25) is 4.79 Å². The van der Waals surface area contributed by atoms with Crippen LogP contribution in [0.15, 0.2) is 33.9 Å². The Morgan fingerprint density at radius 2 is 2.29 bits per heavy atom. The lowest BCUT2D eigenvalue weighted by Gasteiger charge is -2.37. The molecule has 4 rings (SSSR count). The molecule has 3 heterocycles. The van der Waals surface area contributed by atoms with Crippen LogP contribution in [-0.4, -0.2) is 26.3 Å². The lowest BCUT2D eigenvalue weighted by molar-refractivity contribution is -0.118. The molecular weight excluding hydrogens is 340 g/mol. The zero-order chi connectivity index (χ0) is 16.9. The van der Waals surface area contributed by atoms with Crippen LogP contribution in [0.3, 0.4) is 0 Å². The fourth-order valence-electron chi connectivity index (χ4n) is 3.49. The minimum atomic E-state index is -0.154. The predicted octanol–water partition coefficient (Wildman–Crippen LogP) is 4.11. The summed E-state index contributed by atoms with van der Waals surface area (Å²) < 4.78 is 1.89. The lowest BCUT2D eigenvalue weighted by Crippen LogP contribution is -2.36. The fourth-order valence-corrected chi connectivity index (χ4v) is 4.86. The summed E-state index contributed by atoms with van der Waals surface area (Å²) in [6, 6.07) is 3.95. The second kappa shape index (κ2) is 5.74. The number of Topliss-reactive ketones (excluding diaryl/α,β-unsaturated/α-hetero) is 1. The molecule has 0 spiro atoms. The summed E-state index contributed by atoms with van der Waals surface area (Å²) >= 11 is 3.28. The zero-order valence-electron chi connectivity index (χ0n) is 14.0. The summed E-state index contributed by atoms with van der Waals surface area (Å²) in [5, 5.41) is 10.9. The summed E-state index contributed by atoms with van der Waals surface area (Å²) in [5.41, 5.74) is 1.86. The van der Waals surface area contributed by atoms with Crippen molar-refractivity contribution in [2.75, 3.05) is 11.1 Å². The average molecular weight is 361 g/mol. The quantitative estimate of drug-likeness (QED) is 0.835. The number of allylic oxidation sites excluding steroid dienone is 2. The molecular formula is C17H20N4OS2. The second-order valence-corrected chi connectivity index (χ2v) is 9.18. The van der Waals surface area contributed by atoms with Gasteiger partial charge in [0.2, 0.25) is 11.1 Å². The van der Waals surface area contributed by atoms with Crippen LogP contribution < -0.4 is 5.32 Å². The van der Waals surface area contributed by atoms with Crippen molar-refractivity contribution in [3.63, 3.8) is 0 Å². The maximum atomic E-state index is 12.9. The molecule has 0 fully saturated rings. The number of hydrogen-bond acceptors (Lipinski definition) is 6. The van der Waals surface area contributed by atoms with Crippen LogP contribution in [0.2, 0.25) is 0 Å². The molecule has 1 atom stereocenters. The summed E-state index contributed by atoms with van der Waals surface area (Å²) in [6.07, 6.45) is 1.44. The van der Waals surface area contributed by atoms with E-state index in [-0.39, 0.29) is 17.2 Å². The molecule has 2 aromatic rings. The number of nitrogens with zero attached hydrogens (tertiary/aromatic N) is 3. The van der Waals surface area contributed by atoms with Crippen LogP contribution in [0.5, 0.6) is 0 Å². The SMILES string of the molecule is CCSc1nc2n(n1)[C@@H](c1cccs1)C1=C(CC(C)(C)CC1=O)N2. The lowest BCUT2D eigenvalue weighted by atomic mass is 9.73. The van der Waals surface area contributed by atoms with E-state index in [2.05, 4.69) is 42.2 Å². The number of thioether (sulfide) groups is 1. The van der Waals surface area contributed by atoms with Crippen molar-refractivity contribution >= 4 is 34.8 Å². The monoisotopic (exact) mass is 360 g/mol. The fraction of sp³-hybridized carbons (Fsp3) is 0.471. The van der Waals surface area contributed by atoms with E-state index in [1.54, 1.807) is 23.1 Å². The molecule has 5 nitrogen and oxygen atoms in total. The van der Waals surface area contributed by atoms with E-state index in [0.29, 0.717) is 6.42 Å². The molecule has 0 saturated heterocycles. The molecule has 0 amide bonds. The molecule has 7 heteroatoms. The number of carbonyl (C=O) groups excluding carboxylic acids is 1. The van der Waals surface area contributed by atoms with Gasteiger partial charge < -0.3 is 5.32 Å². The molecule has 24 heavy (non-hydrogen) atoms. The summed E-state index contributed by atoms with van der Waals surface area (Å²) in [7, 11) is 0. The summed E-state index contributed by atoms with van der Waals surface area (Å²) in [6.45, 7) is 6.38. The molecule has 1 aliphatic carbocycles. The smallest absolute Gasteiger partial charge is 0.227 e. The van der Waals surface area contributed by atoms with Crippen LogP contribution in [0.1, 0.15) is 44.5 Å². The summed E-state index contributed by atoms with van der Waals surface area (Å²) in [4.78, 5) is 18.7. The number of aromatic nitrogens is 3. The van der Waals surface area contributed by atoms with Crippen LogP contribution in [-0.2, 0) is 4.79 Å². The summed E-state index contributed by atoms with van der Waals surface area (Å²) in [5.74, 6) is 1.89. The molecule has 2 aliphatic rings. The van der Waals surface area contributed by atoms with Gasteiger partial charge >= 0.3 is 0 Å². The van der Waals surface area contributed by atoms with Crippen LogP contribution in [0, 0.1) is 5.41 Å². The van der Waals surface area contributed by atoms with Crippen LogP contribution >= 0.6 is 23.1 Å². The van der Waals surface area contributed by atoms with E-state index in [0.717, 1.165) is 39.4 Å². The minimum absolute atomic E-state index is 0.0217. The molecule has 0 aromatic carbocycles. The van der Waals surface area contributed by atoms with Crippen molar-refractivity contribution < 1.29 is 4.79 Å². The topological polar surface area (TPSA) is 59.8 Å². The standard InChI is InChI=1S/C17H20N4OS2/c1-4-23-16-19-15-18-10-8-17(2,3)9-11(22)13(10)14(21(15)20-16)12-6-5-7-24-12/h5-7,14H,4,8-9H2,1-3H3,(H,18,19,20)/t14-/m0/s1. The number of fused-ring (bicyclic) bond motifs is 1. The van der Waals surface area contributed by atoms with E-state index < -0.39 is 0 Å². The van der Waals surface area contributed by atoms with E-state index in [9.17, 15) is 4.79 Å². The van der Waals surface area contributed by atoms with Crippen LogP contribution in [0.4, 0.5) is 5.95 Å². The number of nitrogens with one attached hydrogen (secondary N) is 1. The van der Waals surface area contributed by atoms with Gasteiger partial charge in [-0.15, -0.1) is 16.4 Å².